The zero-order valence-corrected chi connectivity index (χ0v) is 14.4. The molecular formula is C17H18ClN3O4. The Morgan fingerprint density at radius 1 is 1.36 bits per heavy atom. The van der Waals surface area contributed by atoms with Gasteiger partial charge in [0.1, 0.15) is 5.75 Å². The second-order valence-electron chi connectivity index (χ2n) is 5.88. The van der Waals surface area contributed by atoms with Gasteiger partial charge in [-0.25, -0.2) is 4.79 Å². The van der Waals surface area contributed by atoms with Crippen LogP contribution in [0, 0.1) is 0 Å². The van der Waals surface area contributed by atoms with E-state index < -0.39 is 17.9 Å². The highest BCUT2D eigenvalue weighted by molar-refractivity contribution is 6.32. The van der Waals surface area contributed by atoms with E-state index in [1.807, 2.05) is 0 Å². The average molecular weight is 364 g/mol. The monoisotopic (exact) mass is 363 g/mol. The third kappa shape index (κ3) is 3.46. The first-order chi connectivity index (χ1) is 12.0. The molecule has 1 aliphatic rings. The van der Waals surface area contributed by atoms with E-state index in [-0.39, 0.29) is 10.7 Å². The van der Waals surface area contributed by atoms with E-state index in [0.29, 0.717) is 11.3 Å². The Labute approximate surface area is 149 Å². The van der Waals surface area contributed by atoms with E-state index in [0.717, 1.165) is 36.9 Å². The largest absolute Gasteiger partial charge is 0.495 e. The molecule has 1 amide bonds. The van der Waals surface area contributed by atoms with E-state index in [2.05, 4.69) is 15.5 Å². The molecule has 0 saturated heterocycles. The van der Waals surface area contributed by atoms with Gasteiger partial charge in [-0.15, -0.1) is 0 Å². The van der Waals surface area contributed by atoms with Crippen LogP contribution in [0.5, 0.6) is 5.75 Å². The molecule has 0 fully saturated rings. The number of H-pyrrole nitrogens is 1. The molecule has 1 atom stereocenters. The fraction of sp³-hybridized carbons (Fsp3) is 0.353. The first-order valence-electron chi connectivity index (χ1n) is 7.94. The third-order valence-corrected chi connectivity index (χ3v) is 4.60. The molecule has 0 radical (unpaired) electrons. The maximum absolute atomic E-state index is 12.6. The van der Waals surface area contributed by atoms with Crippen molar-refractivity contribution in [3.8, 4) is 5.75 Å². The van der Waals surface area contributed by atoms with Crippen molar-refractivity contribution in [2.75, 3.05) is 7.11 Å². The standard InChI is InChI=1S/C17H18ClN3O4/c1-25-13-7-6-9(8-11(13)18)14(17(23)24)19-16(22)15-10-4-2-3-5-12(10)20-21-15/h6-8,14H,2-5H2,1H3,(H,19,22)(H,20,21)(H,23,24). The van der Waals surface area contributed by atoms with Gasteiger partial charge >= 0.3 is 5.97 Å². The fourth-order valence-electron chi connectivity index (χ4n) is 3.02. The van der Waals surface area contributed by atoms with Crippen molar-refractivity contribution >= 4 is 23.5 Å². The van der Waals surface area contributed by atoms with Gasteiger partial charge in [0.25, 0.3) is 5.91 Å². The fourth-order valence-corrected chi connectivity index (χ4v) is 3.28. The van der Waals surface area contributed by atoms with Gasteiger partial charge in [-0.2, -0.15) is 5.10 Å². The van der Waals surface area contributed by atoms with Gasteiger partial charge in [0.2, 0.25) is 0 Å². The lowest BCUT2D eigenvalue weighted by Crippen LogP contribution is -2.34. The van der Waals surface area contributed by atoms with Crippen LogP contribution in [0.15, 0.2) is 18.2 Å². The predicted molar refractivity (Wildman–Crippen MR) is 91.1 cm³/mol. The first kappa shape index (κ1) is 17.3. The van der Waals surface area contributed by atoms with Crippen molar-refractivity contribution in [3.63, 3.8) is 0 Å². The number of fused-ring (bicyclic) bond motifs is 1. The number of aromatic nitrogens is 2. The molecule has 0 bridgehead atoms. The molecule has 1 aromatic heterocycles. The second kappa shape index (κ2) is 7.14. The van der Waals surface area contributed by atoms with Crippen LogP contribution in [0.3, 0.4) is 0 Å². The number of carboxylic acids is 1. The van der Waals surface area contributed by atoms with Crippen molar-refractivity contribution in [2.45, 2.75) is 31.7 Å². The summed E-state index contributed by atoms with van der Waals surface area (Å²) in [6, 6.07) is 3.37. The second-order valence-corrected chi connectivity index (χ2v) is 6.28. The van der Waals surface area contributed by atoms with Gasteiger partial charge in [-0.3, -0.25) is 9.89 Å². The topological polar surface area (TPSA) is 104 Å². The van der Waals surface area contributed by atoms with Crippen molar-refractivity contribution in [2.24, 2.45) is 0 Å². The Bertz CT molecular complexity index is 818. The minimum absolute atomic E-state index is 0.264. The van der Waals surface area contributed by atoms with E-state index in [9.17, 15) is 14.7 Å². The highest BCUT2D eigenvalue weighted by atomic mass is 35.5. The van der Waals surface area contributed by atoms with Crippen LogP contribution in [0.4, 0.5) is 0 Å². The quantitative estimate of drug-likeness (QED) is 0.757. The number of hydrogen-bond donors (Lipinski definition) is 3. The van der Waals surface area contributed by atoms with Gasteiger partial charge < -0.3 is 15.2 Å². The Kier molecular flexibility index (Phi) is 4.94. The zero-order chi connectivity index (χ0) is 18.0. The van der Waals surface area contributed by atoms with Crippen molar-refractivity contribution in [1.29, 1.82) is 0 Å². The number of amides is 1. The predicted octanol–water partition coefficient (Wildman–Crippen LogP) is 2.51. The summed E-state index contributed by atoms with van der Waals surface area (Å²) >= 11 is 6.06. The zero-order valence-electron chi connectivity index (χ0n) is 13.6. The van der Waals surface area contributed by atoms with E-state index in [1.54, 1.807) is 12.1 Å². The van der Waals surface area contributed by atoms with Crippen LogP contribution in [-0.2, 0) is 17.6 Å². The molecule has 8 heteroatoms. The Morgan fingerprint density at radius 2 is 2.12 bits per heavy atom. The third-order valence-electron chi connectivity index (χ3n) is 4.30. The van der Waals surface area contributed by atoms with Crippen LogP contribution in [0.25, 0.3) is 0 Å². The Balaban J connectivity index is 1.85. The van der Waals surface area contributed by atoms with Crippen LogP contribution >= 0.6 is 11.6 Å². The number of methoxy groups -OCH3 is 1. The normalized spacial score (nSPS) is 14.5. The lowest BCUT2D eigenvalue weighted by Gasteiger charge is -2.16. The van der Waals surface area contributed by atoms with E-state index in [1.165, 1.54) is 13.2 Å². The van der Waals surface area contributed by atoms with Crippen molar-refractivity contribution in [1.82, 2.24) is 15.5 Å². The number of nitrogens with one attached hydrogen (secondary N) is 2. The number of rotatable bonds is 5. The molecule has 3 rings (SSSR count). The molecular weight excluding hydrogens is 346 g/mol. The lowest BCUT2D eigenvalue weighted by molar-refractivity contribution is -0.139. The minimum Gasteiger partial charge on any atom is -0.495 e. The van der Waals surface area contributed by atoms with Crippen LogP contribution in [0.1, 0.15) is 46.2 Å². The smallest absolute Gasteiger partial charge is 0.330 e. The number of carboxylic acid groups (broad SMARTS) is 1. The maximum atomic E-state index is 12.6. The summed E-state index contributed by atoms with van der Waals surface area (Å²) in [5.41, 5.74) is 2.45. The summed E-state index contributed by atoms with van der Waals surface area (Å²) in [5, 5.41) is 19.3. The number of ether oxygens (including phenoxy) is 1. The lowest BCUT2D eigenvalue weighted by atomic mass is 9.95. The number of hydrogen-bond acceptors (Lipinski definition) is 4. The van der Waals surface area contributed by atoms with E-state index in [4.69, 9.17) is 16.3 Å². The molecule has 0 saturated carbocycles. The minimum atomic E-state index is -1.23. The molecule has 7 nitrogen and oxygen atoms in total. The summed E-state index contributed by atoms with van der Waals surface area (Å²) in [6.07, 6.45) is 3.66. The SMILES string of the molecule is COc1ccc(C(NC(=O)c2n[nH]c3c2CCCC3)C(=O)O)cc1Cl. The number of aryl methyl sites for hydroxylation is 1. The van der Waals surface area contributed by atoms with Gasteiger partial charge in [0.15, 0.2) is 11.7 Å². The summed E-state index contributed by atoms with van der Waals surface area (Å²) < 4.78 is 5.06. The first-order valence-corrected chi connectivity index (χ1v) is 8.32. The molecule has 1 aromatic carbocycles. The highest BCUT2D eigenvalue weighted by Gasteiger charge is 2.27. The summed E-state index contributed by atoms with van der Waals surface area (Å²) in [5.74, 6) is -1.26. The van der Waals surface area contributed by atoms with Crippen molar-refractivity contribution in [3.05, 3.63) is 45.7 Å². The molecule has 132 valence electrons. The molecule has 25 heavy (non-hydrogen) atoms. The number of carbonyl (C=O) groups is 2. The van der Waals surface area contributed by atoms with Crippen LogP contribution < -0.4 is 10.1 Å². The highest BCUT2D eigenvalue weighted by Crippen LogP contribution is 2.28. The number of aromatic amines is 1. The van der Waals surface area contributed by atoms with Gasteiger partial charge in [0, 0.05) is 11.3 Å². The maximum Gasteiger partial charge on any atom is 0.330 e. The Morgan fingerprint density at radius 3 is 2.80 bits per heavy atom. The summed E-state index contributed by atoms with van der Waals surface area (Å²) in [4.78, 5) is 24.2. The molecule has 0 aliphatic heterocycles. The number of benzene rings is 1. The van der Waals surface area contributed by atoms with Crippen molar-refractivity contribution < 1.29 is 19.4 Å². The summed E-state index contributed by atoms with van der Waals surface area (Å²) in [6.45, 7) is 0. The van der Waals surface area contributed by atoms with Gasteiger partial charge in [0.05, 0.1) is 12.1 Å². The number of aliphatic carboxylic acids is 1. The summed E-state index contributed by atoms with van der Waals surface area (Å²) in [7, 11) is 1.47. The Hall–Kier alpha value is -2.54. The van der Waals surface area contributed by atoms with E-state index >= 15 is 0 Å². The average Bonchev–Trinajstić information content (AvgIpc) is 3.03. The number of halogens is 1. The molecule has 1 unspecified atom stereocenters. The number of carbonyl (C=O) groups excluding carboxylic acids is 1. The van der Waals surface area contributed by atoms with Crippen LogP contribution in [0.2, 0.25) is 5.02 Å². The number of nitrogens with zero attached hydrogens (tertiary/aromatic N) is 1. The van der Waals surface area contributed by atoms with Gasteiger partial charge in [-0.05, 0) is 43.4 Å². The molecule has 1 aliphatic carbocycles. The molecule has 0 spiro atoms. The van der Waals surface area contributed by atoms with Crippen LogP contribution in [-0.4, -0.2) is 34.3 Å². The van der Waals surface area contributed by atoms with Gasteiger partial charge in [-0.1, -0.05) is 17.7 Å². The molecule has 3 N–H and O–H groups in total. The molecule has 1 heterocycles. The molecule has 2 aromatic rings.